The van der Waals surface area contributed by atoms with E-state index in [-0.39, 0.29) is 58.8 Å². The van der Waals surface area contributed by atoms with Crippen molar-refractivity contribution in [3.63, 3.8) is 0 Å². The van der Waals surface area contributed by atoms with Crippen molar-refractivity contribution < 1.29 is 23.6 Å². The van der Waals surface area contributed by atoms with Gasteiger partial charge in [-0.15, -0.1) is 0 Å². The summed E-state index contributed by atoms with van der Waals surface area (Å²) in [6, 6.07) is 8.14. The molecule has 2 aromatic carbocycles. The molecular weight excluding hydrogens is 439 g/mol. The maximum Gasteiger partial charge on any atom is 0.255 e. The zero-order chi connectivity index (χ0) is 23.0. The highest BCUT2D eigenvalue weighted by Crippen LogP contribution is 2.30. The number of nitrogens with one attached hydrogen (secondary N) is 2. The molecule has 1 fully saturated rings. The van der Waals surface area contributed by atoms with E-state index in [0.29, 0.717) is 0 Å². The number of carbonyl (C=O) groups is 4. The molecule has 0 spiro atoms. The third kappa shape index (κ3) is 3.81. The summed E-state index contributed by atoms with van der Waals surface area (Å²) in [7, 11) is 0. The minimum Gasteiger partial charge on any atom is -0.348 e. The minimum absolute atomic E-state index is 0.100. The monoisotopic (exact) mass is 454 g/mol. The van der Waals surface area contributed by atoms with E-state index in [4.69, 9.17) is 16.9 Å². The molecule has 10 heteroatoms. The zero-order valence-electron chi connectivity index (χ0n) is 16.6. The van der Waals surface area contributed by atoms with E-state index in [1.54, 1.807) is 0 Å². The SMILES string of the molecule is N#Cc1cc(C(=O)NCc2ccc3c(c2F)CN(C2CCC(=O)NC2=O)C3=O)ccc1Cl. The molecule has 0 bridgehead atoms. The lowest BCUT2D eigenvalue weighted by atomic mass is 10.0. The summed E-state index contributed by atoms with van der Waals surface area (Å²) >= 11 is 5.87. The third-order valence-electron chi connectivity index (χ3n) is 5.52. The molecule has 0 aromatic heterocycles. The third-order valence-corrected chi connectivity index (χ3v) is 5.85. The largest absolute Gasteiger partial charge is 0.348 e. The maximum atomic E-state index is 15.1. The van der Waals surface area contributed by atoms with Crippen molar-refractivity contribution >= 4 is 35.2 Å². The fourth-order valence-corrected chi connectivity index (χ4v) is 3.98. The molecule has 2 aromatic rings. The van der Waals surface area contributed by atoms with Crippen molar-refractivity contribution in [1.82, 2.24) is 15.5 Å². The molecule has 2 N–H and O–H groups in total. The number of halogens is 2. The van der Waals surface area contributed by atoms with Crippen molar-refractivity contribution in [2.24, 2.45) is 0 Å². The van der Waals surface area contributed by atoms with E-state index >= 15 is 4.39 Å². The summed E-state index contributed by atoms with van der Waals surface area (Å²) in [6.45, 7) is -0.244. The normalized spacial score (nSPS) is 17.6. The van der Waals surface area contributed by atoms with Gasteiger partial charge >= 0.3 is 0 Å². The van der Waals surface area contributed by atoms with E-state index in [1.165, 1.54) is 35.2 Å². The fourth-order valence-electron chi connectivity index (χ4n) is 3.82. The van der Waals surface area contributed by atoms with Crippen molar-refractivity contribution in [1.29, 1.82) is 5.26 Å². The van der Waals surface area contributed by atoms with Gasteiger partial charge in [-0.25, -0.2) is 4.39 Å². The van der Waals surface area contributed by atoms with E-state index in [0.717, 1.165) is 0 Å². The minimum atomic E-state index is -0.839. The van der Waals surface area contributed by atoms with Gasteiger partial charge in [-0.3, -0.25) is 24.5 Å². The lowest BCUT2D eigenvalue weighted by Gasteiger charge is -2.29. The number of nitrogens with zero attached hydrogens (tertiary/aromatic N) is 2. The first-order chi connectivity index (χ1) is 15.3. The Labute approximate surface area is 186 Å². The van der Waals surface area contributed by atoms with E-state index in [9.17, 15) is 19.2 Å². The number of carbonyl (C=O) groups excluding carboxylic acids is 4. The van der Waals surface area contributed by atoms with E-state index in [1.807, 2.05) is 6.07 Å². The number of benzene rings is 2. The molecule has 0 aliphatic carbocycles. The van der Waals surface area contributed by atoms with Crippen LogP contribution in [0.1, 0.15) is 50.2 Å². The Balaban J connectivity index is 1.49. The van der Waals surface area contributed by atoms with Crippen LogP contribution in [0.5, 0.6) is 0 Å². The van der Waals surface area contributed by atoms with Crippen LogP contribution in [0.4, 0.5) is 4.39 Å². The second-order valence-electron chi connectivity index (χ2n) is 7.45. The Bertz CT molecular complexity index is 1220. The van der Waals surface area contributed by atoms with Gasteiger partial charge in [-0.2, -0.15) is 5.26 Å². The van der Waals surface area contributed by atoms with Crippen molar-refractivity contribution in [3.05, 3.63) is 69.0 Å². The Morgan fingerprint density at radius 1 is 1.28 bits per heavy atom. The molecule has 32 heavy (non-hydrogen) atoms. The van der Waals surface area contributed by atoms with Gasteiger partial charge in [0, 0.05) is 35.2 Å². The molecule has 2 aliphatic heterocycles. The van der Waals surface area contributed by atoms with Crippen LogP contribution in [-0.2, 0) is 22.7 Å². The number of imide groups is 1. The first-order valence-corrected chi connectivity index (χ1v) is 10.1. The summed E-state index contributed by atoms with van der Waals surface area (Å²) in [5, 5.41) is 14.0. The van der Waals surface area contributed by atoms with Gasteiger partial charge in [0.15, 0.2) is 0 Å². The predicted molar refractivity (Wildman–Crippen MR) is 110 cm³/mol. The highest BCUT2D eigenvalue weighted by Gasteiger charge is 2.40. The maximum absolute atomic E-state index is 15.1. The van der Waals surface area contributed by atoms with Gasteiger partial charge in [-0.05, 0) is 30.7 Å². The first kappa shape index (κ1) is 21.5. The number of amides is 4. The summed E-state index contributed by atoms with van der Waals surface area (Å²) in [6.07, 6.45) is 0.287. The van der Waals surface area contributed by atoms with Crippen LogP contribution in [-0.4, -0.2) is 34.6 Å². The predicted octanol–water partition coefficient (Wildman–Crippen LogP) is 2.04. The van der Waals surface area contributed by atoms with Gasteiger partial charge in [0.1, 0.15) is 17.9 Å². The Morgan fingerprint density at radius 3 is 2.78 bits per heavy atom. The molecule has 1 unspecified atom stereocenters. The highest BCUT2D eigenvalue weighted by atomic mass is 35.5. The Kier molecular flexibility index (Phi) is 5.63. The Morgan fingerprint density at radius 2 is 2.06 bits per heavy atom. The second kappa shape index (κ2) is 8.40. The van der Waals surface area contributed by atoms with Gasteiger partial charge in [-0.1, -0.05) is 17.7 Å². The number of nitriles is 1. The molecule has 0 saturated carbocycles. The van der Waals surface area contributed by atoms with Crippen molar-refractivity contribution in [3.8, 4) is 6.07 Å². The van der Waals surface area contributed by atoms with Gasteiger partial charge < -0.3 is 10.2 Å². The lowest BCUT2D eigenvalue weighted by molar-refractivity contribution is -0.136. The fraction of sp³-hybridized carbons (Fsp3) is 0.227. The molecule has 1 atom stereocenters. The number of hydrogen-bond donors (Lipinski definition) is 2. The van der Waals surface area contributed by atoms with E-state index < -0.39 is 35.5 Å². The molecule has 8 nitrogen and oxygen atoms in total. The van der Waals surface area contributed by atoms with Crippen LogP contribution < -0.4 is 10.6 Å². The van der Waals surface area contributed by atoms with Gasteiger partial charge in [0.05, 0.1) is 17.1 Å². The van der Waals surface area contributed by atoms with Gasteiger partial charge in [0.2, 0.25) is 11.8 Å². The lowest BCUT2D eigenvalue weighted by Crippen LogP contribution is -2.52. The van der Waals surface area contributed by atoms with Crippen LogP contribution in [0.3, 0.4) is 0 Å². The molecular formula is C22H16ClFN4O4. The molecule has 162 valence electrons. The van der Waals surface area contributed by atoms with Gasteiger partial charge in [0.25, 0.3) is 11.8 Å². The molecule has 1 saturated heterocycles. The first-order valence-electron chi connectivity index (χ1n) is 9.73. The average molecular weight is 455 g/mol. The topological polar surface area (TPSA) is 119 Å². The molecule has 2 heterocycles. The van der Waals surface area contributed by atoms with E-state index in [2.05, 4.69) is 10.6 Å². The summed E-state index contributed by atoms with van der Waals surface area (Å²) in [5.41, 5.74) is 0.814. The molecule has 4 rings (SSSR count). The molecule has 0 radical (unpaired) electrons. The van der Waals surface area contributed by atoms with Crippen LogP contribution in [0.2, 0.25) is 5.02 Å². The summed E-state index contributed by atoms with van der Waals surface area (Å²) < 4.78 is 15.1. The second-order valence-corrected chi connectivity index (χ2v) is 7.86. The smallest absolute Gasteiger partial charge is 0.255 e. The number of hydrogen-bond acceptors (Lipinski definition) is 5. The number of piperidine rings is 1. The van der Waals surface area contributed by atoms with Crippen LogP contribution in [0.25, 0.3) is 0 Å². The molecule has 2 aliphatic rings. The summed E-state index contributed by atoms with van der Waals surface area (Å²) in [4.78, 5) is 49.9. The summed E-state index contributed by atoms with van der Waals surface area (Å²) in [5.74, 6) is -2.61. The van der Waals surface area contributed by atoms with Crippen LogP contribution in [0, 0.1) is 17.1 Å². The number of rotatable bonds is 4. The molecule has 4 amide bonds. The Hall–Kier alpha value is -3.77. The van der Waals surface area contributed by atoms with Crippen molar-refractivity contribution in [2.75, 3.05) is 0 Å². The van der Waals surface area contributed by atoms with Crippen LogP contribution in [0.15, 0.2) is 30.3 Å². The van der Waals surface area contributed by atoms with Crippen molar-refractivity contribution in [2.45, 2.75) is 32.0 Å². The van der Waals surface area contributed by atoms with Crippen LogP contribution >= 0.6 is 11.6 Å². The average Bonchev–Trinajstić information content (AvgIpc) is 3.10. The number of fused-ring (bicyclic) bond motifs is 1. The quantitative estimate of drug-likeness (QED) is 0.685. The highest BCUT2D eigenvalue weighted by molar-refractivity contribution is 6.31. The standard InChI is InChI=1S/C22H16ClFN4O4/c23-16-4-2-11(7-13(16)8-25)20(30)26-9-12-1-3-14-15(19(12)24)10-28(22(14)32)17-5-6-18(29)27-21(17)31/h1-4,7,17H,5-6,9-10H2,(H,26,30)(H,27,29,31). The zero-order valence-corrected chi connectivity index (χ0v) is 17.3.